The minimum absolute atomic E-state index is 0.149. The van der Waals surface area contributed by atoms with E-state index in [4.69, 9.17) is 4.74 Å². The van der Waals surface area contributed by atoms with Crippen LogP contribution in [0.4, 0.5) is 17.6 Å². The van der Waals surface area contributed by atoms with Crippen molar-refractivity contribution in [3.05, 3.63) is 71.4 Å². The Labute approximate surface area is 165 Å². The van der Waals surface area contributed by atoms with Crippen molar-refractivity contribution in [3.8, 4) is 11.6 Å². The van der Waals surface area contributed by atoms with Gasteiger partial charge in [0.15, 0.2) is 0 Å². The number of methoxy groups -OCH3 is 1. The predicted molar refractivity (Wildman–Crippen MR) is 99.3 cm³/mol. The molecule has 3 aromatic rings. The molecule has 9 heteroatoms. The van der Waals surface area contributed by atoms with E-state index in [1.807, 2.05) is 19.9 Å². The van der Waals surface area contributed by atoms with Crippen LogP contribution in [0.1, 0.15) is 42.9 Å². The first kappa shape index (κ1) is 20.8. The molecule has 29 heavy (non-hydrogen) atoms. The molecule has 1 unspecified atom stereocenters. The highest BCUT2D eigenvalue weighted by atomic mass is 19.4. The number of nitrogens with one attached hydrogen (secondary N) is 1. The Morgan fingerprint density at radius 3 is 2.41 bits per heavy atom. The van der Waals surface area contributed by atoms with Crippen molar-refractivity contribution in [1.82, 2.24) is 20.1 Å². The van der Waals surface area contributed by atoms with E-state index >= 15 is 0 Å². The average Bonchev–Trinajstić information content (AvgIpc) is 3.12. The van der Waals surface area contributed by atoms with Gasteiger partial charge in [0.2, 0.25) is 5.88 Å². The first-order chi connectivity index (χ1) is 13.7. The van der Waals surface area contributed by atoms with Gasteiger partial charge in [-0.2, -0.15) is 23.0 Å². The number of rotatable bonds is 6. The predicted octanol–water partition coefficient (Wildman–Crippen LogP) is 4.85. The monoisotopic (exact) mass is 408 g/mol. The van der Waals surface area contributed by atoms with Gasteiger partial charge in [-0.15, -0.1) is 0 Å². The summed E-state index contributed by atoms with van der Waals surface area (Å²) in [5.41, 5.74) is 0.762. The molecule has 0 aliphatic rings. The number of hydrogen-bond donors (Lipinski definition) is 1. The third-order valence-electron chi connectivity index (χ3n) is 4.48. The van der Waals surface area contributed by atoms with Crippen LogP contribution in [0.3, 0.4) is 0 Å². The van der Waals surface area contributed by atoms with Crippen molar-refractivity contribution in [1.29, 1.82) is 0 Å². The van der Waals surface area contributed by atoms with Gasteiger partial charge in [0.25, 0.3) is 0 Å². The van der Waals surface area contributed by atoms with E-state index in [-0.39, 0.29) is 17.9 Å². The smallest absolute Gasteiger partial charge is 0.433 e. The van der Waals surface area contributed by atoms with Gasteiger partial charge in [0.05, 0.1) is 24.7 Å². The van der Waals surface area contributed by atoms with E-state index in [1.54, 1.807) is 12.1 Å². The molecule has 0 spiro atoms. The fourth-order valence-corrected chi connectivity index (χ4v) is 2.93. The number of aromatic nitrogens is 3. The van der Waals surface area contributed by atoms with Crippen molar-refractivity contribution in [3.63, 3.8) is 0 Å². The van der Waals surface area contributed by atoms with Gasteiger partial charge < -0.3 is 10.1 Å². The molecule has 154 valence electrons. The van der Waals surface area contributed by atoms with Gasteiger partial charge >= 0.3 is 6.18 Å². The summed E-state index contributed by atoms with van der Waals surface area (Å²) in [4.78, 5) is 3.46. The molecular formula is C20H20F4N4O. The van der Waals surface area contributed by atoms with E-state index in [9.17, 15) is 17.6 Å². The summed E-state index contributed by atoms with van der Waals surface area (Å²) in [5.74, 6) is 0.0400. The van der Waals surface area contributed by atoms with Crippen LogP contribution in [-0.2, 0) is 6.18 Å². The number of hydrogen-bond acceptors (Lipinski definition) is 4. The molecule has 3 rings (SSSR count). The van der Waals surface area contributed by atoms with Crippen LogP contribution < -0.4 is 10.1 Å². The van der Waals surface area contributed by atoms with E-state index in [0.29, 0.717) is 17.3 Å². The first-order valence-corrected chi connectivity index (χ1v) is 8.88. The minimum Gasteiger partial charge on any atom is -0.481 e. The largest absolute Gasteiger partial charge is 0.481 e. The van der Waals surface area contributed by atoms with Crippen LogP contribution in [0.5, 0.6) is 5.88 Å². The summed E-state index contributed by atoms with van der Waals surface area (Å²) in [6.45, 7) is 3.78. The van der Waals surface area contributed by atoms with Crippen LogP contribution in [0.25, 0.3) is 5.69 Å². The molecule has 0 radical (unpaired) electrons. The van der Waals surface area contributed by atoms with Crippen LogP contribution in [0.2, 0.25) is 0 Å². The summed E-state index contributed by atoms with van der Waals surface area (Å²) in [5, 5.41) is 7.76. The standard InChI is InChI=1S/C20H20F4N4O/c1-12(14-5-4-6-15(21)9-14)26-13(2)17-10-19(29-3)28(27-17)16-7-8-18(25-11-16)20(22,23)24/h4-13,26H,1-3H3/t12-,13?/m1/s1. The molecule has 5 nitrogen and oxygen atoms in total. The summed E-state index contributed by atoms with van der Waals surface area (Å²) >= 11 is 0. The highest BCUT2D eigenvalue weighted by Crippen LogP contribution is 2.29. The third kappa shape index (κ3) is 4.73. The molecule has 0 saturated carbocycles. The Hall–Kier alpha value is -2.94. The van der Waals surface area contributed by atoms with Gasteiger partial charge in [0, 0.05) is 18.2 Å². The Balaban J connectivity index is 1.82. The van der Waals surface area contributed by atoms with E-state index in [2.05, 4.69) is 15.4 Å². The molecule has 0 amide bonds. The zero-order valence-electron chi connectivity index (χ0n) is 16.0. The molecule has 2 atom stereocenters. The lowest BCUT2D eigenvalue weighted by Crippen LogP contribution is -2.23. The summed E-state index contributed by atoms with van der Waals surface area (Å²) < 4.78 is 58.3. The number of halogens is 4. The molecule has 0 saturated heterocycles. The topological polar surface area (TPSA) is 52.0 Å². The zero-order valence-corrected chi connectivity index (χ0v) is 16.0. The SMILES string of the molecule is COc1cc(C(C)N[C@H](C)c2cccc(F)c2)nn1-c1ccc(C(F)(F)F)nc1. The molecule has 2 aromatic heterocycles. The Kier molecular flexibility index (Phi) is 5.88. The second-order valence-corrected chi connectivity index (χ2v) is 6.59. The highest BCUT2D eigenvalue weighted by Gasteiger charge is 2.32. The maximum absolute atomic E-state index is 13.4. The lowest BCUT2D eigenvalue weighted by Gasteiger charge is -2.19. The van der Waals surface area contributed by atoms with Crippen LogP contribution >= 0.6 is 0 Å². The summed E-state index contributed by atoms with van der Waals surface area (Å²) in [6, 6.07) is 9.78. The maximum Gasteiger partial charge on any atom is 0.433 e. The van der Waals surface area contributed by atoms with Crippen LogP contribution in [0, 0.1) is 5.82 Å². The van der Waals surface area contributed by atoms with Crippen molar-refractivity contribution >= 4 is 0 Å². The van der Waals surface area contributed by atoms with Crippen molar-refractivity contribution < 1.29 is 22.3 Å². The normalized spacial score (nSPS) is 13.9. The quantitative estimate of drug-likeness (QED) is 0.593. The second kappa shape index (κ2) is 8.20. The molecule has 0 aliphatic carbocycles. The Morgan fingerprint density at radius 2 is 1.83 bits per heavy atom. The number of nitrogens with zero attached hydrogens (tertiary/aromatic N) is 3. The van der Waals surface area contributed by atoms with Gasteiger partial charge in [-0.25, -0.2) is 9.37 Å². The molecule has 1 N–H and O–H groups in total. The van der Waals surface area contributed by atoms with E-state index in [0.717, 1.165) is 17.8 Å². The fraction of sp³-hybridized carbons (Fsp3) is 0.300. The summed E-state index contributed by atoms with van der Waals surface area (Å²) in [6.07, 6.45) is -3.42. The van der Waals surface area contributed by atoms with Crippen LogP contribution in [-0.4, -0.2) is 21.9 Å². The number of alkyl halides is 3. The van der Waals surface area contributed by atoms with E-state index < -0.39 is 11.9 Å². The molecular weight excluding hydrogens is 388 g/mol. The van der Waals surface area contributed by atoms with Crippen molar-refractivity contribution in [2.24, 2.45) is 0 Å². The van der Waals surface area contributed by atoms with Crippen LogP contribution in [0.15, 0.2) is 48.7 Å². The Bertz CT molecular complexity index is 969. The van der Waals surface area contributed by atoms with Crippen molar-refractivity contribution in [2.45, 2.75) is 32.1 Å². The van der Waals surface area contributed by atoms with Crippen molar-refractivity contribution in [2.75, 3.05) is 7.11 Å². The first-order valence-electron chi connectivity index (χ1n) is 8.88. The van der Waals surface area contributed by atoms with Gasteiger partial charge in [-0.05, 0) is 43.7 Å². The minimum atomic E-state index is -4.51. The second-order valence-electron chi connectivity index (χ2n) is 6.59. The van der Waals surface area contributed by atoms with E-state index in [1.165, 1.54) is 30.0 Å². The lowest BCUT2D eigenvalue weighted by atomic mass is 10.1. The number of pyridine rings is 1. The zero-order chi connectivity index (χ0) is 21.2. The third-order valence-corrected chi connectivity index (χ3v) is 4.48. The van der Waals surface area contributed by atoms with Gasteiger partial charge in [-0.1, -0.05) is 12.1 Å². The number of ether oxygens (including phenoxy) is 1. The Morgan fingerprint density at radius 1 is 1.07 bits per heavy atom. The lowest BCUT2D eigenvalue weighted by molar-refractivity contribution is -0.141. The molecule has 1 aromatic carbocycles. The highest BCUT2D eigenvalue weighted by molar-refractivity contribution is 5.35. The van der Waals surface area contributed by atoms with Gasteiger partial charge in [-0.3, -0.25) is 0 Å². The number of benzene rings is 1. The fourth-order valence-electron chi connectivity index (χ4n) is 2.93. The molecule has 2 heterocycles. The molecule has 0 bridgehead atoms. The summed E-state index contributed by atoms with van der Waals surface area (Å²) in [7, 11) is 1.45. The maximum atomic E-state index is 13.4. The average molecular weight is 408 g/mol. The molecule has 0 aliphatic heterocycles. The molecule has 0 fully saturated rings. The van der Waals surface area contributed by atoms with Gasteiger partial charge in [0.1, 0.15) is 11.5 Å².